The number of ketones is 1. The van der Waals surface area contributed by atoms with Crippen molar-refractivity contribution in [2.75, 3.05) is 6.61 Å². The maximum Gasteiger partial charge on any atom is 0.296 e. The number of rotatable bonds is 6. The van der Waals surface area contributed by atoms with Crippen LogP contribution in [0.15, 0.2) is 78.6 Å². The normalized spacial score (nSPS) is 17.4. The molecule has 194 valence electrons. The van der Waals surface area contributed by atoms with E-state index in [4.69, 9.17) is 4.74 Å². The molecule has 7 nitrogen and oxygen atoms in total. The lowest BCUT2D eigenvalue weighted by Crippen LogP contribution is -2.29. The standard InChI is InChI=1S/C31H31N3O4/c1-5-38-25-14-13-19(16-23(25)31(2,3)4)28(35)26-27(22-17-33-24-12-7-6-11-21(22)24)34(30(37)29(26)36)18-20-10-8-9-15-32-20/h6-17,27,33,35H,5,18H2,1-4H3/b28-26+. The van der Waals surface area contributed by atoms with Crippen LogP contribution in [0.1, 0.15) is 56.1 Å². The summed E-state index contributed by atoms with van der Waals surface area (Å²) in [7, 11) is 0. The molecule has 1 aliphatic rings. The molecule has 2 aromatic carbocycles. The quantitative estimate of drug-likeness (QED) is 0.192. The Morgan fingerprint density at radius 3 is 2.55 bits per heavy atom. The van der Waals surface area contributed by atoms with Crippen LogP contribution < -0.4 is 4.74 Å². The predicted molar refractivity (Wildman–Crippen MR) is 147 cm³/mol. The third kappa shape index (κ3) is 4.45. The van der Waals surface area contributed by atoms with Gasteiger partial charge >= 0.3 is 0 Å². The number of fused-ring (bicyclic) bond motifs is 1. The molecule has 1 aliphatic heterocycles. The van der Waals surface area contributed by atoms with E-state index in [1.165, 1.54) is 4.90 Å². The number of hydrogen-bond donors (Lipinski definition) is 2. The summed E-state index contributed by atoms with van der Waals surface area (Å²) in [6.07, 6.45) is 3.46. The lowest BCUT2D eigenvalue weighted by atomic mass is 9.84. The van der Waals surface area contributed by atoms with Crippen LogP contribution in [0, 0.1) is 0 Å². The van der Waals surface area contributed by atoms with E-state index in [2.05, 4.69) is 30.7 Å². The van der Waals surface area contributed by atoms with Crippen LogP contribution in [0.3, 0.4) is 0 Å². The highest BCUT2D eigenvalue weighted by Crippen LogP contribution is 2.43. The summed E-state index contributed by atoms with van der Waals surface area (Å²) in [5, 5.41) is 12.5. The Kier molecular flexibility index (Phi) is 6.53. The lowest BCUT2D eigenvalue weighted by Gasteiger charge is -2.25. The molecule has 2 aromatic heterocycles. The molecule has 1 unspecified atom stereocenters. The SMILES string of the molecule is CCOc1ccc(/C(O)=C2\C(=O)C(=O)N(Cc3ccccn3)C2c2c[nH]c3ccccc23)cc1C(C)(C)C. The molecule has 2 N–H and O–H groups in total. The number of amides is 1. The number of carbonyl (C=O) groups excluding carboxylic acids is 2. The monoisotopic (exact) mass is 509 g/mol. The molecule has 0 aliphatic carbocycles. The van der Waals surface area contributed by atoms with Crippen molar-refractivity contribution in [3.63, 3.8) is 0 Å². The minimum absolute atomic E-state index is 0.0553. The minimum atomic E-state index is -0.794. The predicted octanol–water partition coefficient (Wildman–Crippen LogP) is 5.88. The van der Waals surface area contributed by atoms with Crippen molar-refractivity contribution in [3.05, 3.63) is 101 Å². The van der Waals surface area contributed by atoms with Gasteiger partial charge in [0.1, 0.15) is 11.5 Å². The van der Waals surface area contributed by atoms with Gasteiger partial charge < -0.3 is 19.7 Å². The van der Waals surface area contributed by atoms with Crippen molar-refractivity contribution in [2.24, 2.45) is 0 Å². The first-order valence-electron chi connectivity index (χ1n) is 12.7. The Bertz CT molecular complexity index is 1550. The highest BCUT2D eigenvalue weighted by Gasteiger charge is 2.47. The van der Waals surface area contributed by atoms with Crippen molar-refractivity contribution >= 4 is 28.4 Å². The number of Topliss-reactive ketones (excluding diaryl/α,β-unsaturated/α-hetero) is 1. The highest BCUT2D eigenvalue weighted by atomic mass is 16.5. The molecule has 1 saturated heterocycles. The Hall–Kier alpha value is -4.39. The van der Waals surface area contributed by atoms with Gasteiger partial charge in [0, 0.05) is 40.0 Å². The van der Waals surface area contributed by atoms with E-state index in [1.54, 1.807) is 24.5 Å². The summed E-state index contributed by atoms with van der Waals surface area (Å²) in [5.74, 6) is -0.884. The first-order valence-corrected chi connectivity index (χ1v) is 12.7. The van der Waals surface area contributed by atoms with E-state index in [-0.39, 0.29) is 23.3 Å². The molecule has 0 radical (unpaired) electrons. The Morgan fingerprint density at radius 1 is 1.08 bits per heavy atom. The zero-order valence-corrected chi connectivity index (χ0v) is 22.0. The van der Waals surface area contributed by atoms with Gasteiger partial charge in [-0.25, -0.2) is 0 Å². The van der Waals surface area contributed by atoms with Crippen molar-refractivity contribution < 1.29 is 19.4 Å². The number of nitrogens with one attached hydrogen (secondary N) is 1. The smallest absolute Gasteiger partial charge is 0.296 e. The summed E-state index contributed by atoms with van der Waals surface area (Å²) >= 11 is 0. The maximum absolute atomic E-state index is 13.5. The van der Waals surface area contributed by atoms with Gasteiger partial charge in [0.05, 0.1) is 30.5 Å². The highest BCUT2D eigenvalue weighted by molar-refractivity contribution is 6.46. The number of aliphatic hydroxyl groups is 1. The van der Waals surface area contributed by atoms with Crippen molar-refractivity contribution in [2.45, 2.75) is 45.7 Å². The van der Waals surface area contributed by atoms with Gasteiger partial charge in [0.2, 0.25) is 0 Å². The van der Waals surface area contributed by atoms with Crippen LogP contribution in [-0.4, -0.2) is 38.3 Å². The number of ether oxygens (including phenoxy) is 1. The van der Waals surface area contributed by atoms with E-state index in [0.717, 1.165) is 27.8 Å². The van der Waals surface area contributed by atoms with Crippen LogP contribution >= 0.6 is 0 Å². The molecule has 3 heterocycles. The fraction of sp³-hybridized carbons (Fsp3) is 0.258. The van der Waals surface area contributed by atoms with Gasteiger partial charge in [-0.1, -0.05) is 45.0 Å². The third-order valence-electron chi connectivity index (χ3n) is 6.88. The zero-order valence-electron chi connectivity index (χ0n) is 22.0. The fourth-order valence-corrected chi connectivity index (χ4v) is 5.05. The van der Waals surface area contributed by atoms with Gasteiger partial charge in [-0.3, -0.25) is 14.6 Å². The summed E-state index contributed by atoms with van der Waals surface area (Å²) in [6, 6.07) is 17.7. The summed E-state index contributed by atoms with van der Waals surface area (Å²) < 4.78 is 5.84. The van der Waals surface area contributed by atoms with Gasteiger partial charge in [-0.05, 0) is 48.7 Å². The molecule has 38 heavy (non-hydrogen) atoms. The Morgan fingerprint density at radius 2 is 1.84 bits per heavy atom. The van der Waals surface area contributed by atoms with Crippen LogP contribution in [-0.2, 0) is 21.5 Å². The van der Waals surface area contributed by atoms with Gasteiger partial charge in [0.15, 0.2) is 0 Å². The number of hydrogen-bond acceptors (Lipinski definition) is 5. The second kappa shape index (κ2) is 9.82. The number of pyridine rings is 1. The number of aliphatic hydroxyl groups excluding tert-OH is 1. The second-order valence-electron chi connectivity index (χ2n) is 10.4. The van der Waals surface area contributed by atoms with Gasteiger partial charge in [-0.15, -0.1) is 0 Å². The number of aromatic amines is 1. The number of nitrogens with zero attached hydrogens (tertiary/aromatic N) is 2. The summed E-state index contributed by atoms with van der Waals surface area (Å²) in [6.45, 7) is 8.74. The van der Waals surface area contributed by atoms with E-state index in [9.17, 15) is 14.7 Å². The molecule has 7 heteroatoms. The first-order chi connectivity index (χ1) is 18.2. The molecule has 1 atom stereocenters. The Balaban J connectivity index is 1.71. The molecular formula is C31H31N3O4. The minimum Gasteiger partial charge on any atom is -0.507 e. The number of carbonyl (C=O) groups is 2. The number of benzene rings is 2. The zero-order chi connectivity index (χ0) is 27.0. The van der Waals surface area contributed by atoms with Crippen molar-refractivity contribution in [3.8, 4) is 5.75 Å². The number of H-pyrrole nitrogens is 1. The molecule has 4 aromatic rings. The number of aromatic nitrogens is 2. The van der Waals surface area contributed by atoms with E-state index >= 15 is 0 Å². The van der Waals surface area contributed by atoms with Crippen LogP contribution in [0.5, 0.6) is 5.75 Å². The van der Waals surface area contributed by atoms with Crippen LogP contribution in [0.2, 0.25) is 0 Å². The van der Waals surface area contributed by atoms with Gasteiger partial charge in [-0.2, -0.15) is 0 Å². The largest absolute Gasteiger partial charge is 0.507 e. The molecular weight excluding hydrogens is 478 g/mol. The van der Waals surface area contributed by atoms with Crippen molar-refractivity contribution in [1.82, 2.24) is 14.9 Å². The molecule has 0 saturated carbocycles. The molecule has 0 bridgehead atoms. The summed E-state index contributed by atoms with van der Waals surface area (Å²) in [4.78, 5) is 36.1. The summed E-state index contributed by atoms with van der Waals surface area (Å²) in [5.41, 5.74) is 3.40. The average molecular weight is 510 g/mol. The first kappa shape index (κ1) is 25.3. The van der Waals surface area contributed by atoms with Crippen LogP contribution in [0.25, 0.3) is 16.7 Å². The molecule has 1 amide bonds. The van der Waals surface area contributed by atoms with E-state index in [1.807, 2.05) is 55.5 Å². The second-order valence-corrected chi connectivity index (χ2v) is 10.4. The van der Waals surface area contributed by atoms with E-state index in [0.29, 0.717) is 17.9 Å². The maximum atomic E-state index is 13.5. The fourth-order valence-electron chi connectivity index (χ4n) is 5.05. The average Bonchev–Trinajstić information content (AvgIpc) is 3.43. The van der Waals surface area contributed by atoms with Gasteiger partial charge in [0.25, 0.3) is 11.7 Å². The third-order valence-corrected chi connectivity index (χ3v) is 6.88. The van der Waals surface area contributed by atoms with Crippen molar-refractivity contribution in [1.29, 1.82) is 0 Å². The van der Waals surface area contributed by atoms with E-state index < -0.39 is 17.7 Å². The molecule has 1 fully saturated rings. The Labute approximate surface area is 221 Å². The number of para-hydroxylation sites is 1. The molecule has 0 spiro atoms. The lowest BCUT2D eigenvalue weighted by molar-refractivity contribution is -0.140. The van der Waals surface area contributed by atoms with Crippen LogP contribution in [0.4, 0.5) is 0 Å². The topological polar surface area (TPSA) is 95.5 Å². The molecule has 5 rings (SSSR count). The number of likely N-dealkylation sites (tertiary alicyclic amines) is 1.